The molecule has 1 aliphatic carbocycles. The Morgan fingerprint density at radius 1 is 1.06 bits per heavy atom. The highest BCUT2D eigenvalue weighted by molar-refractivity contribution is 5.90. The van der Waals surface area contributed by atoms with Crippen molar-refractivity contribution in [1.29, 1.82) is 0 Å². The lowest BCUT2D eigenvalue weighted by molar-refractivity contribution is -0.166. The fraction of sp³-hybridized carbons (Fsp3) is 0.467. The van der Waals surface area contributed by atoms with E-state index in [1.165, 1.54) is 17.5 Å². The number of esters is 2. The Bertz CT molecular complexity index is 515. The Balaban J connectivity index is 1.98. The van der Waals surface area contributed by atoms with Gasteiger partial charge in [-0.3, -0.25) is 9.59 Å². The lowest BCUT2D eigenvalue weighted by atomic mass is 9.75. The number of rotatable bonds is 1. The molecule has 0 amide bonds. The first-order chi connectivity index (χ1) is 8.57. The standard InChI is InChI=1S/C15H16O3/c1-15(8-13(16)18-14(17)9-15)12-6-5-10-3-2-4-11(10)7-12/h5-7H,2-4,8-9H2,1H3. The van der Waals surface area contributed by atoms with Crippen LogP contribution in [0.25, 0.3) is 0 Å². The number of carbonyl (C=O) groups excluding carboxylic acids is 2. The summed E-state index contributed by atoms with van der Waals surface area (Å²) in [4.78, 5) is 22.9. The van der Waals surface area contributed by atoms with Gasteiger partial charge in [0.1, 0.15) is 0 Å². The normalized spacial score (nSPS) is 21.6. The Morgan fingerprint density at radius 3 is 2.44 bits per heavy atom. The summed E-state index contributed by atoms with van der Waals surface area (Å²) in [5.74, 6) is -0.816. The van der Waals surface area contributed by atoms with E-state index in [-0.39, 0.29) is 12.8 Å². The van der Waals surface area contributed by atoms with Crippen molar-refractivity contribution in [3.8, 4) is 0 Å². The molecule has 1 saturated heterocycles. The molecule has 1 aromatic carbocycles. The van der Waals surface area contributed by atoms with Gasteiger partial charge in [0, 0.05) is 5.41 Å². The number of ether oxygens (including phenoxy) is 1. The Kier molecular flexibility index (Phi) is 2.51. The quantitative estimate of drug-likeness (QED) is 0.562. The van der Waals surface area contributed by atoms with Crippen LogP contribution in [0, 0.1) is 0 Å². The zero-order chi connectivity index (χ0) is 12.8. The van der Waals surface area contributed by atoms with Gasteiger partial charge in [0.05, 0.1) is 12.8 Å². The van der Waals surface area contributed by atoms with Crippen LogP contribution in [-0.4, -0.2) is 11.9 Å². The minimum absolute atomic E-state index is 0.289. The van der Waals surface area contributed by atoms with Crippen LogP contribution >= 0.6 is 0 Å². The number of hydrogen-bond donors (Lipinski definition) is 0. The molecule has 18 heavy (non-hydrogen) atoms. The largest absolute Gasteiger partial charge is 0.393 e. The van der Waals surface area contributed by atoms with Gasteiger partial charge >= 0.3 is 11.9 Å². The molecule has 0 spiro atoms. The van der Waals surface area contributed by atoms with Crippen molar-refractivity contribution in [3.63, 3.8) is 0 Å². The molecule has 3 nitrogen and oxygen atoms in total. The second-order valence-electron chi connectivity index (χ2n) is 5.60. The summed E-state index contributed by atoms with van der Waals surface area (Å²) < 4.78 is 4.62. The summed E-state index contributed by atoms with van der Waals surface area (Å²) >= 11 is 0. The fourth-order valence-electron chi connectivity index (χ4n) is 3.05. The fourth-order valence-corrected chi connectivity index (χ4v) is 3.05. The molecule has 3 rings (SSSR count). The minimum atomic E-state index is -0.408. The first kappa shape index (κ1) is 11.5. The number of benzene rings is 1. The predicted octanol–water partition coefficient (Wildman–Crippen LogP) is 2.30. The number of hydrogen-bond acceptors (Lipinski definition) is 3. The lowest BCUT2D eigenvalue weighted by Crippen LogP contribution is -2.36. The van der Waals surface area contributed by atoms with Gasteiger partial charge in [-0.1, -0.05) is 25.1 Å². The maximum absolute atomic E-state index is 11.5. The van der Waals surface area contributed by atoms with E-state index in [4.69, 9.17) is 0 Å². The van der Waals surface area contributed by atoms with Crippen molar-refractivity contribution in [2.45, 2.75) is 44.4 Å². The van der Waals surface area contributed by atoms with Crippen LogP contribution < -0.4 is 0 Å². The highest BCUT2D eigenvalue weighted by Crippen LogP contribution is 2.37. The van der Waals surface area contributed by atoms with Crippen molar-refractivity contribution >= 4 is 11.9 Å². The van der Waals surface area contributed by atoms with Gasteiger partial charge in [0.2, 0.25) is 0 Å². The monoisotopic (exact) mass is 244 g/mol. The summed E-state index contributed by atoms with van der Waals surface area (Å²) in [6.07, 6.45) is 4.04. The van der Waals surface area contributed by atoms with E-state index in [2.05, 4.69) is 22.9 Å². The summed E-state index contributed by atoms with van der Waals surface area (Å²) in [7, 11) is 0. The second kappa shape index (κ2) is 3.94. The molecule has 3 heteroatoms. The number of cyclic esters (lactones) is 2. The van der Waals surface area contributed by atoms with Crippen molar-refractivity contribution in [3.05, 3.63) is 34.9 Å². The minimum Gasteiger partial charge on any atom is -0.393 e. The molecule has 1 aliphatic heterocycles. The lowest BCUT2D eigenvalue weighted by Gasteiger charge is -2.31. The SMILES string of the molecule is CC1(c2ccc3c(c2)CCC3)CC(=O)OC(=O)C1. The van der Waals surface area contributed by atoms with E-state index in [9.17, 15) is 9.59 Å². The zero-order valence-electron chi connectivity index (χ0n) is 10.5. The summed E-state index contributed by atoms with van der Waals surface area (Å²) in [6.45, 7) is 1.97. The van der Waals surface area contributed by atoms with Crippen LogP contribution in [0.1, 0.15) is 42.9 Å². The highest BCUT2D eigenvalue weighted by Gasteiger charge is 2.39. The highest BCUT2D eigenvalue weighted by atomic mass is 16.6. The van der Waals surface area contributed by atoms with E-state index < -0.39 is 17.4 Å². The van der Waals surface area contributed by atoms with Crippen LogP contribution in [0.3, 0.4) is 0 Å². The smallest absolute Gasteiger partial charge is 0.314 e. The Hall–Kier alpha value is -1.64. The van der Waals surface area contributed by atoms with Crippen LogP contribution in [-0.2, 0) is 32.6 Å². The first-order valence-electron chi connectivity index (χ1n) is 6.43. The molecular weight excluding hydrogens is 228 g/mol. The maximum Gasteiger partial charge on any atom is 0.314 e. The molecule has 0 atom stereocenters. The van der Waals surface area contributed by atoms with Gasteiger partial charge in [-0.15, -0.1) is 0 Å². The third-order valence-electron chi connectivity index (χ3n) is 4.09. The van der Waals surface area contributed by atoms with Crippen LogP contribution in [0.15, 0.2) is 18.2 Å². The van der Waals surface area contributed by atoms with E-state index in [0.29, 0.717) is 0 Å². The second-order valence-corrected chi connectivity index (χ2v) is 5.60. The number of carbonyl (C=O) groups is 2. The molecule has 94 valence electrons. The average molecular weight is 244 g/mol. The van der Waals surface area contributed by atoms with Crippen molar-refractivity contribution in [2.75, 3.05) is 0 Å². The van der Waals surface area contributed by atoms with E-state index >= 15 is 0 Å². The summed E-state index contributed by atoms with van der Waals surface area (Å²) in [5.41, 5.74) is 3.48. The van der Waals surface area contributed by atoms with Gasteiger partial charge in [0.15, 0.2) is 0 Å². The zero-order valence-corrected chi connectivity index (χ0v) is 10.5. The molecule has 2 aliphatic rings. The van der Waals surface area contributed by atoms with Crippen LogP contribution in [0.5, 0.6) is 0 Å². The van der Waals surface area contributed by atoms with Crippen LogP contribution in [0.2, 0.25) is 0 Å². The molecule has 0 bridgehead atoms. The van der Waals surface area contributed by atoms with Gasteiger partial charge in [-0.25, -0.2) is 0 Å². The molecular formula is C15H16O3. The van der Waals surface area contributed by atoms with Crippen molar-refractivity contribution in [1.82, 2.24) is 0 Å². The molecule has 0 aromatic heterocycles. The number of aryl methyl sites for hydroxylation is 2. The topological polar surface area (TPSA) is 43.4 Å². The molecule has 1 aromatic rings. The van der Waals surface area contributed by atoms with Gasteiger partial charge in [-0.2, -0.15) is 0 Å². The van der Waals surface area contributed by atoms with E-state index in [1.54, 1.807) is 0 Å². The molecule has 1 fully saturated rings. The third kappa shape index (κ3) is 1.84. The van der Waals surface area contributed by atoms with Crippen LogP contribution in [0.4, 0.5) is 0 Å². The Labute approximate surface area is 106 Å². The molecule has 0 saturated carbocycles. The van der Waals surface area contributed by atoms with Gasteiger partial charge < -0.3 is 4.74 Å². The summed E-state index contributed by atoms with van der Waals surface area (Å²) in [5, 5.41) is 0. The van der Waals surface area contributed by atoms with E-state index in [0.717, 1.165) is 18.4 Å². The molecule has 0 N–H and O–H groups in total. The third-order valence-corrected chi connectivity index (χ3v) is 4.09. The first-order valence-corrected chi connectivity index (χ1v) is 6.43. The van der Waals surface area contributed by atoms with E-state index in [1.807, 2.05) is 6.92 Å². The molecule has 0 unspecified atom stereocenters. The molecule has 0 radical (unpaired) electrons. The average Bonchev–Trinajstić information content (AvgIpc) is 2.73. The number of fused-ring (bicyclic) bond motifs is 1. The predicted molar refractivity (Wildman–Crippen MR) is 66.2 cm³/mol. The maximum atomic E-state index is 11.5. The van der Waals surface area contributed by atoms with Gasteiger partial charge in [-0.05, 0) is 36.0 Å². The van der Waals surface area contributed by atoms with Crippen molar-refractivity contribution in [2.24, 2.45) is 0 Å². The van der Waals surface area contributed by atoms with Crippen molar-refractivity contribution < 1.29 is 14.3 Å². The molecule has 1 heterocycles. The summed E-state index contributed by atoms with van der Waals surface area (Å²) in [6, 6.07) is 6.39. The van der Waals surface area contributed by atoms with Gasteiger partial charge in [0.25, 0.3) is 0 Å². The Morgan fingerprint density at radius 2 is 1.72 bits per heavy atom.